The summed E-state index contributed by atoms with van der Waals surface area (Å²) in [4.78, 5) is 15.9. The molecule has 3 aromatic rings. The van der Waals surface area contributed by atoms with Crippen LogP contribution in [0.25, 0.3) is 0 Å². The molecule has 4 nitrogen and oxygen atoms in total. The Kier molecular flexibility index (Phi) is 5.64. The summed E-state index contributed by atoms with van der Waals surface area (Å²) in [5.41, 5.74) is 2.79. The van der Waals surface area contributed by atoms with Gasteiger partial charge in [0.05, 0.1) is 12.5 Å². The molecule has 1 heterocycles. The molecular formula is C30H25NO3. The largest absolute Gasteiger partial charge is 0.466 e. The molecule has 0 saturated heterocycles. The smallest absolute Gasteiger partial charge is 0.259 e. The number of rotatable bonds is 7. The van der Waals surface area contributed by atoms with Crippen molar-refractivity contribution >= 4 is 11.6 Å². The zero-order valence-electron chi connectivity index (χ0n) is 18.8. The van der Waals surface area contributed by atoms with Crippen LogP contribution in [0.1, 0.15) is 27.9 Å². The summed E-state index contributed by atoms with van der Waals surface area (Å²) < 4.78 is 11.0. The highest BCUT2D eigenvalue weighted by Crippen LogP contribution is 2.53. The third kappa shape index (κ3) is 3.35. The molecule has 1 amide bonds. The molecule has 1 aliphatic heterocycles. The molecule has 2 aliphatic rings. The Labute approximate surface area is 199 Å². The molecule has 0 radical (unpaired) electrons. The van der Waals surface area contributed by atoms with Gasteiger partial charge >= 0.3 is 0 Å². The number of carbonyl (C=O) groups is 1. The van der Waals surface area contributed by atoms with E-state index in [2.05, 4.69) is 31.4 Å². The Morgan fingerprint density at radius 1 is 0.882 bits per heavy atom. The van der Waals surface area contributed by atoms with Gasteiger partial charge in [0.25, 0.3) is 5.91 Å². The minimum absolute atomic E-state index is 0.0151. The summed E-state index contributed by atoms with van der Waals surface area (Å²) in [7, 11) is 0. The van der Waals surface area contributed by atoms with Crippen LogP contribution in [0.5, 0.6) is 5.75 Å². The number of nitrogens with zero attached hydrogens (tertiary/aromatic N) is 1. The summed E-state index contributed by atoms with van der Waals surface area (Å²) in [6.07, 6.45) is 9.67. The van der Waals surface area contributed by atoms with E-state index in [9.17, 15) is 4.79 Å². The molecule has 0 aromatic heterocycles. The van der Waals surface area contributed by atoms with Crippen LogP contribution in [0.3, 0.4) is 0 Å². The van der Waals surface area contributed by atoms with Crippen LogP contribution in [0.15, 0.2) is 129 Å². The topological polar surface area (TPSA) is 38.8 Å². The van der Waals surface area contributed by atoms with Crippen molar-refractivity contribution in [2.24, 2.45) is 5.92 Å². The number of carbonyl (C=O) groups excluding carboxylic acids is 1. The van der Waals surface area contributed by atoms with Crippen molar-refractivity contribution in [1.29, 1.82) is 0 Å². The van der Waals surface area contributed by atoms with Crippen LogP contribution in [0.4, 0.5) is 5.69 Å². The lowest BCUT2D eigenvalue weighted by molar-refractivity contribution is 0.0975. The fraction of sp³-hybridized carbons (Fsp3) is 0.100. The van der Waals surface area contributed by atoms with Crippen molar-refractivity contribution in [3.8, 4) is 5.75 Å². The number of amides is 1. The van der Waals surface area contributed by atoms with Gasteiger partial charge < -0.3 is 9.47 Å². The second kappa shape index (κ2) is 8.91. The molecule has 1 aliphatic carbocycles. The van der Waals surface area contributed by atoms with Crippen LogP contribution in [-0.4, -0.2) is 5.91 Å². The van der Waals surface area contributed by atoms with E-state index < -0.39 is 5.54 Å². The van der Waals surface area contributed by atoms with Crippen molar-refractivity contribution in [3.05, 3.63) is 145 Å². The lowest BCUT2D eigenvalue weighted by Crippen LogP contribution is -2.50. The van der Waals surface area contributed by atoms with Gasteiger partial charge in [0.1, 0.15) is 17.0 Å². The molecule has 168 valence electrons. The number of ether oxygens (including phenoxy) is 2. The van der Waals surface area contributed by atoms with Gasteiger partial charge in [-0.05, 0) is 60.0 Å². The number of allylic oxidation sites excluding steroid dienone is 2. The molecule has 2 atom stereocenters. The first-order chi connectivity index (χ1) is 16.7. The van der Waals surface area contributed by atoms with E-state index >= 15 is 0 Å². The summed E-state index contributed by atoms with van der Waals surface area (Å²) in [6.45, 7) is 7.31. The molecule has 2 unspecified atom stereocenters. The molecular weight excluding hydrogens is 422 g/mol. The van der Waals surface area contributed by atoms with Crippen molar-refractivity contribution < 1.29 is 14.3 Å². The fourth-order valence-corrected chi connectivity index (χ4v) is 5.14. The Hall–Kier alpha value is -4.31. The minimum Gasteiger partial charge on any atom is -0.466 e. The Morgan fingerprint density at radius 2 is 1.59 bits per heavy atom. The normalized spacial score (nSPS) is 20.9. The third-order valence-corrected chi connectivity index (χ3v) is 6.47. The van der Waals surface area contributed by atoms with Crippen LogP contribution in [0, 0.1) is 5.92 Å². The van der Waals surface area contributed by atoms with Crippen LogP contribution < -0.4 is 9.64 Å². The first-order valence-electron chi connectivity index (χ1n) is 11.2. The number of para-hydroxylation sites is 1. The van der Waals surface area contributed by atoms with Gasteiger partial charge in [-0.2, -0.15) is 0 Å². The average Bonchev–Trinajstić information content (AvgIpc) is 3.15. The Morgan fingerprint density at radius 3 is 2.26 bits per heavy atom. The first kappa shape index (κ1) is 21.5. The SMILES string of the molecule is C=COC1=CCC(C2(c3ccc(OC=C)cc3)c3ccccc3C(=O)N2c2ccccc2)C=C1. The van der Waals surface area contributed by atoms with Gasteiger partial charge in [0.2, 0.25) is 0 Å². The average molecular weight is 448 g/mol. The second-order valence-electron chi connectivity index (χ2n) is 8.19. The van der Waals surface area contributed by atoms with E-state index in [-0.39, 0.29) is 11.8 Å². The van der Waals surface area contributed by atoms with Crippen molar-refractivity contribution in [2.75, 3.05) is 4.90 Å². The second-order valence-corrected chi connectivity index (χ2v) is 8.19. The lowest BCUT2D eigenvalue weighted by atomic mass is 9.70. The molecule has 0 fully saturated rings. The van der Waals surface area contributed by atoms with Crippen molar-refractivity contribution in [1.82, 2.24) is 0 Å². The highest BCUT2D eigenvalue weighted by Gasteiger charge is 2.55. The van der Waals surface area contributed by atoms with Crippen molar-refractivity contribution in [2.45, 2.75) is 12.0 Å². The molecule has 0 bridgehead atoms. The first-order valence-corrected chi connectivity index (χ1v) is 11.2. The quantitative estimate of drug-likeness (QED) is 0.377. The number of hydrogen-bond acceptors (Lipinski definition) is 3. The van der Waals surface area contributed by atoms with Crippen LogP contribution >= 0.6 is 0 Å². The maximum Gasteiger partial charge on any atom is 0.259 e. The molecule has 0 N–H and O–H groups in total. The Balaban J connectivity index is 1.76. The summed E-state index contributed by atoms with van der Waals surface area (Å²) >= 11 is 0. The summed E-state index contributed by atoms with van der Waals surface area (Å²) in [5, 5.41) is 0. The lowest BCUT2D eigenvalue weighted by Gasteiger charge is -2.45. The molecule has 3 aromatic carbocycles. The zero-order valence-corrected chi connectivity index (χ0v) is 18.8. The van der Waals surface area contributed by atoms with Crippen molar-refractivity contribution in [3.63, 3.8) is 0 Å². The van der Waals surface area contributed by atoms with Gasteiger partial charge in [0, 0.05) is 17.2 Å². The van der Waals surface area contributed by atoms with E-state index in [4.69, 9.17) is 9.47 Å². The predicted molar refractivity (Wildman–Crippen MR) is 134 cm³/mol. The predicted octanol–water partition coefficient (Wildman–Crippen LogP) is 6.73. The van der Waals surface area contributed by atoms with Crippen LogP contribution in [0.2, 0.25) is 0 Å². The molecule has 0 saturated carbocycles. The standard InChI is InChI=1S/C30H25NO3/c1-3-33-25-18-14-22(15-19-25)30(23-16-20-26(21-17-23)34-4-2)28-13-9-8-12-27(28)29(32)31(30)24-10-6-5-7-11-24/h3-16,18-21,23H,1-2,17H2. The van der Waals surface area contributed by atoms with Gasteiger partial charge in [-0.25, -0.2) is 0 Å². The van der Waals surface area contributed by atoms with Gasteiger partial charge in [-0.3, -0.25) is 9.69 Å². The molecule has 5 rings (SSSR count). The maximum atomic E-state index is 14.0. The highest BCUT2D eigenvalue weighted by molar-refractivity contribution is 6.13. The summed E-state index contributed by atoms with van der Waals surface area (Å²) in [5.74, 6) is 1.39. The Bertz CT molecular complexity index is 1290. The molecule has 4 heteroatoms. The number of anilines is 1. The van der Waals surface area contributed by atoms with E-state index in [1.54, 1.807) is 0 Å². The number of fused-ring (bicyclic) bond motifs is 1. The summed E-state index contributed by atoms with van der Waals surface area (Å²) in [6, 6.07) is 25.7. The maximum absolute atomic E-state index is 14.0. The third-order valence-electron chi connectivity index (χ3n) is 6.47. The number of benzene rings is 3. The molecule has 34 heavy (non-hydrogen) atoms. The molecule has 0 spiro atoms. The number of hydrogen-bond donors (Lipinski definition) is 0. The van der Waals surface area contributed by atoms with Gasteiger partial charge in [-0.1, -0.05) is 67.8 Å². The monoisotopic (exact) mass is 447 g/mol. The van der Waals surface area contributed by atoms with Gasteiger partial charge in [-0.15, -0.1) is 0 Å². The van der Waals surface area contributed by atoms with E-state index in [0.717, 1.165) is 22.6 Å². The fourth-order valence-electron chi connectivity index (χ4n) is 5.14. The van der Waals surface area contributed by atoms with Crippen LogP contribution in [-0.2, 0) is 10.3 Å². The van der Waals surface area contributed by atoms with E-state index in [0.29, 0.717) is 17.7 Å². The van der Waals surface area contributed by atoms with Gasteiger partial charge in [0.15, 0.2) is 0 Å². The minimum atomic E-state index is -0.756. The zero-order chi connectivity index (χ0) is 23.5. The van der Waals surface area contributed by atoms with E-state index in [1.165, 1.54) is 12.5 Å². The highest BCUT2D eigenvalue weighted by atomic mass is 16.5. The van der Waals surface area contributed by atoms with E-state index in [1.807, 2.05) is 83.8 Å².